The van der Waals surface area contributed by atoms with Crippen LogP contribution in [0, 0.1) is 5.82 Å². The normalized spacial score (nSPS) is 16.0. The van der Waals surface area contributed by atoms with Gasteiger partial charge in [0.1, 0.15) is 17.2 Å². The molecule has 1 aliphatic rings. The number of halogens is 1. The highest BCUT2D eigenvalue weighted by molar-refractivity contribution is 5.73. The topological polar surface area (TPSA) is 46.0 Å². The molecule has 2 aromatic heterocycles. The molecule has 118 valence electrons. The van der Waals surface area contributed by atoms with Gasteiger partial charge in [0.2, 0.25) is 0 Å². The van der Waals surface area contributed by atoms with E-state index in [0.29, 0.717) is 0 Å². The van der Waals surface area contributed by atoms with E-state index in [0.717, 1.165) is 55.4 Å². The Morgan fingerprint density at radius 2 is 1.87 bits per heavy atom. The Morgan fingerprint density at radius 1 is 1.09 bits per heavy atom. The van der Waals surface area contributed by atoms with E-state index in [1.807, 2.05) is 16.7 Å². The number of hydrogen-bond donors (Lipinski definition) is 1. The molecular formula is C17H18FN5. The molecule has 0 saturated carbocycles. The standard InChI is InChI=1S/C17H18FN5/c18-13-3-5-14(6-4-13)23-16(12-22-10-8-19-9-11-22)21-15-2-1-7-20-17(15)23/h1-7,19H,8-12H2. The Labute approximate surface area is 133 Å². The minimum absolute atomic E-state index is 0.241. The lowest BCUT2D eigenvalue weighted by atomic mass is 10.3. The third-order valence-electron chi connectivity index (χ3n) is 4.14. The predicted octanol–water partition coefficient (Wildman–Crippen LogP) is 1.96. The number of aromatic nitrogens is 3. The van der Waals surface area contributed by atoms with E-state index in [4.69, 9.17) is 4.98 Å². The zero-order valence-electron chi connectivity index (χ0n) is 12.7. The van der Waals surface area contributed by atoms with Gasteiger partial charge in [-0.15, -0.1) is 0 Å². The molecule has 0 aliphatic carbocycles. The molecular weight excluding hydrogens is 293 g/mol. The fourth-order valence-electron chi connectivity index (χ4n) is 3.00. The SMILES string of the molecule is Fc1ccc(-n2c(CN3CCNCC3)nc3cccnc32)cc1. The van der Waals surface area contributed by atoms with E-state index in [1.165, 1.54) is 12.1 Å². The zero-order valence-corrected chi connectivity index (χ0v) is 12.7. The molecule has 0 atom stereocenters. The highest BCUT2D eigenvalue weighted by Gasteiger charge is 2.17. The van der Waals surface area contributed by atoms with Crippen molar-refractivity contribution in [2.75, 3.05) is 26.2 Å². The number of nitrogens with one attached hydrogen (secondary N) is 1. The fraction of sp³-hybridized carbons (Fsp3) is 0.294. The number of nitrogens with zero attached hydrogens (tertiary/aromatic N) is 4. The van der Waals surface area contributed by atoms with Crippen LogP contribution in [-0.4, -0.2) is 45.6 Å². The van der Waals surface area contributed by atoms with E-state index in [-0.39, 0.29) is 5.82 Å². The number of hydrogen-bond acceptors (Lipinski definition) is 4. The van der Waals surface area contributed by atoms with Crippen molar-refractivity contribution in [2.24, 2.45) is 0 Å². The predicted molar refractivity (Wildman–Crippen MR) is 87.0 cm³/mol. The first-order valence-corrected chi connectivity index (χ1v) is 7.82. The average molecular weight is 311 g/mol. The molecule has 1 saturated heterocycles. The van der Waals surface area contributed by atoms with Crippen LogP contribution < -0.4 is 5.32 Å². The Morgan fingerprint density at radius 3 is 2.65 bits per heavy atom. The van der Waals surface area contributed by atoms with Crippen molar-refractivity contribution in [1.82, 2.24) is 24.8 Å². The number of fused-ring (bicyclic) bond motifs is 1. The van der Waals surface area contributed by atoms with Gasteiger partial charge >= 0.3 is 0 Å². The molecule has 23 heavy (non-hydrogen) atoms. The minimum atomic E-state index is -0.241. The summed E-state index contributed by atoms with van der Waals surface area (Å²) >= 11 is 0. The molecule has 1 aromatic carbocycles. The van der Waals surface area contributed by atoms with Crippen LogP contribution in [-0.2, 0) is 6.54 Å². The Bertz CT molecular complexity index is 805. The first-order chi connectivity index (χ1) is 11.3. The number of imidazole rings is 1. The maximum absolute atomic E-state index is 13.3. The van der Waals surface area contributed by atoms with E-state index < -0.39 is 0 Å². The van der Waals surface area contributed by atoms with Gasteiger partial charge in [0, 0.05) is 38.1 Å². The van der Waals surface area contributed by atoms with Gasteiger partial charge in [-0.05, 0) is 36.4 Å². The van der Waals surface area contributed by atoms with Gasteiger partial charge in [-0.2, -0.15) is 0 Å². The summed E-state index contributed by atoms with van der Waals surface area (Å²) in [6.07, 6.45) is 1.76. The highest BCUT2D eigenvalue weighted by Crippen LogP contribution is 2.21. The van der Waals surface area contributed by atoms with Crippen LogP contribution in [0.15, 0.2) is 42.6 Å². The molecule has 5 nitrogen and oxygen atoms in total. The maximum atomic E-state index is 13.3. The van der Waals surface area contributed by atoms with Gasteiger partial charge < -0.3 is 5.32 Å². The van der Waals surface area contributed by atoms with Crippen molar-refractivity contribution in [3.63, 3.8) is 0 Å². The zero-order chi connectivity index (χ0) is 15.6. The summed E-state index contributed by atoms with van der Waals surface area (Å²) in [5, 5.41) is 3.36. The van der Waals surface area contributed by atoms with Gasteiger partial charge in [0.05, 0.1) is 6.54 Å². The smallest absolute Gasteiger partial charge is 0.164 e. The summed E-state index contributed by atoms with van der Waals surface area (Å²) in [4.78, 5) is 11.6. The van der Waals surface area contributed by atoms with Gasteiger partial charge in [-0.1, -0.05) is 0 Å². The summed E-state index contributed by atoms with van der Waals surface area (Å²) < 4.78 is 15.3. The van der Waals surface area contributed by atoms with Crippen molar-refractivity contribution < 1.29 is 4.39 Å². The minimum Gasteiger partial charge on any atom is -0.314 e. The van der Waals surface area contributed by atoms with Crippen LogP contribution in [0.5, 0.6) is 0 Å². The quantitative estimate of drug-likeness (QED) is 0.803. The summed E-state index contributed by atoms with van der Waals surface area (Å²) in [6, 6.07) is 10.3. The lowest BCUT2D eigenvalue weighted by Crippen LogP contribution is -2.43. The molecule has 6 heteroatoms. The second-order valence-electron chi connectivity index (χ2n) is 5.71. The van der Waals surface area contributed by atoms with Crippen LogP contribution >= 0.6 is 0 Å². The Balaban J connectivity index is 1.79. The monoisotopic (exact) mass is 311 g/mol. The molecule has 0 unspecified atom stereocenters. The molecule has 0 radical (unpaired) electrons. The second-order valence-corrected chi connectivity index (χ2v) is 5.71. The van der Waals surface area contributed by atoms with Crippen LogP contribution in [0.1, 0.15) is 5.82 Å². The van der Waals surface area contributed by atoms with Gasteiger partial charge in [0.25, 0.3) is 0 Å². The van der Waals surface area contributed by atoms with E-state index >= 15 is 0 Å². The largest absolute Gasteiger partial charge is 0.314 e. The van der Waals surface area contributed by atoms with Crippen LogP contribution in [0.4, 0.5) is 4.39 Å². The van der Waals surface area contributed by atoms with Crippen molar-refractivity contribution in [3.8, 4) is 5.69 Å². The molecule has 3 heterocycles. The van der Waals surface area contributed by atoms with Crippen molar-refractivity contribution in [3.05, 3.63) is 54.2 Å². The average Bonchev–Trinajstić information content (AvgIpc) is 2.94. The maximum Gasteiger partial charge on any atom is 0.164 e. The lowest BCUT2D eigenvalue weighted by Gasteiger charge is -2.26. The fourth-order valence-corrected chi connectivity index (χ4v) is 3.00. The molecule has 3 aromatic rings. The van der Waals surface area contributed by atoms with Crippen LogP contribution in [0.25, 0.3) is 16.9 Å². The second kappa shape index (κ2) is 6.06. The summed E-state index contributed by atoms with van der Waals surface area (Å²) in [5.41, 5.74) is 2.56. The highest BCUT2D eigenvalue weighted by atomic mass is 19.1. The number of pyridine rings is 1. The molecule has 1 aliphatic heterocycles. The summed E-state index contributed by atoms with van der Waals surface area (Å²) in [5.74, 6) is 0.696. The lowest BCUT2D eigenvalue weighted by molar-refractivity contribution is 0.227. The molecule has 0 bridgehead atoms. The summed E-state index contributed by atoms with van der Waals surface area (Å²) in [6.45, 7) is 4.75. The first-order valence-electron chi connectivity index (χ1n) is 7.82. The van der Waals surface area contributed by atoms with E-state index in [2.05, 4.69) is 15.2 Å². The van der Waals surface area contributed by atoms with Crippen LogP contribution in [0.2, 0.25) is 0 Å². The molecule has 0 amide bonds. The van der Waals surface area contributed by atoms with E-state index in [1.54, 1.807) is 18.3 Å². The first kappa shape index (κ1) is 14.3. The van der Waals surface area contributed by atoms with Crippen LogP contribution in [0.3, 0.4) is 0 Å². The van der Waals surface area contributed by atoms with Crippen molar-refractivity contribution in [2.45, 2.75) is 6.54 Å². The van der Waals surface area contributed by atoms with Gasteiger partial charge in [-0.25, -0.2) is 14.4 Å². The van der Waals surface area contributed by atoms with Crippen molar-refractivity contribution in [1.29, 1.82) is 0 Å². The molecule has 1 N–H and O–H groups in total. The molecule has 1 fully saturated rings. The third kappa shape index (κ3) is 2.83. The van der Waals surface area contributed by atoms with Gasteiger partial charge in [-0.3, -0.25) is 9.47 Å². The van der Waals surface area contributed by atoms with E-state index in [9.17, 15) is 4.39 Å². The Kier molecular flexibility index (Phi) is 3.77. The molecule has 0 spiro atoms. The number of benzene rings is 1. The Hall–Kier alpha value is -2.31. The van der Waals surface area contributed by atoms with Gasteiger partial charge in [0.15, 0.2) is 5.65 Å². The third-order valence-corrected chi connectivity index (χ3v) is 4.14. The van der Waals surface area contributed by atoms with Crippen molar-refractivity contribution >= 4 is 11.2 Å². The molecule has 4 rings (SSSR count). The summed E-state index contributed by atoms with van der Waals surface area (Å²) in [7, 11) is 0. The number of rotatable bonds is 3. The number of piperazine rings is 1.